The molecule has 128 valence electrons. The average molecular weight is 338 g/mol. The zero-order chi connectivity index (χ0) is 16.7. The first-order valence-corrected chi connectivity index (χ1v) is 7.15. The molecule has 1 aromatic carbocycles. The first-order valence-electron chi connectivity index (χ1n) is 7.15. The van der Waals surface area contributed by atoms with Crippen molar-refractivity contribution in [3.8, 4) is 11.5 Å². The van der Waals surface area contributed by atoms with Crippen molar-refractivity contribution in [1.29, 1.82) is 0 Å². The van der Waals surface area contributed by atoms with Gasteiger partial charge >= 0.3 is 12.5 Å². The van der Waals surface area contributed by atoms with Crippen molar-refractivity contribution in [2.45, 2.75) is 24.9 Å². The molecule has 4 nitrogen and oxygen atoms in total. The van der Waals surface area contributed by atoms with E-state index in [1.165, 1.54) is 18.2 Å². The number of nitrogens with one attached hydrogen (secondary N) is 1. The van der Waals surface area contributed by atoms with Gasteiger partial charge in [0.25, 0.3) is 0 Å². The number of rotatable bonds is 3. The van der Waals surface area contributed by atoms with E-state index < -0.39 is 24.9 Å². The topological polar surface area (TPSA) is 33.7 Å². The fraction of sp³-hybridized carbons (Fsp3) is 0.571. The van der Waals surface area contributed by atoms with E-state index in [1.54, 1.807) is 4.90 Å². The number of hydrogen-bond acceptors (Lipinski definition) is 4. The van der Waals surface area contributed by atoms with Gasteiger partial charge in [-0.25, -0.2) is 0 Å². The van der Waals surface area contributed by atoms with Gasteiger partial charge in [0.05, 0.1) is 6.42 Å². The second-order valence-electron chi connectivity index (χ2n) is 5.49. The molecule has 0 unspecified atom stereocenters. The Kier molecular flexibility index (Phi) is 4.09. The van der Waals surface area contributed by atoms with Crippen molar-refractivity contribution in [2.75, 3.05) is 26.2 Å². The van der Waals surface area contributed by atoms with Crippen LogP contribution in [0.4, 0.5) is 22.0 Å². The molecule has 1 aromatic rings. The first-order chi connectivity index (χ1) is 10.7. The minimum Gasteiger partial charge on any atom is -0.395 e. The lowest BCUT2D eigenvalue weighted by Gasteiger charge is -2.35. The quantitative estimate of drug-likeness (QED) is 0.860. The molecular weight excluding hydrogens is 323 g/mol. The second-order valence-corrected chi connectivity index (χ2v) is 5.49. The average Bonchev–Trinajstić information content (AvgIpc) is 2.77. The molecule has 2 heterocycles. The molecule has 3 rings (SSSR count). The Labute approximate surface area is 129 Å². The number of piperazine rings is 1. The monoisotopic (exact) mass is 338 g/mol. The Bertz CT molecular complexity index is 573. The molecule has 1 fully saturated rings. The van der Waals surface area contributed by atoms with E-state index in [0.717, 1.165) is 0 Å². The van der Waals surface area contributed by atoms with E-state index in [0.29, 0.717) is 26.2 Å². The van der Waals surface area contributed by atoms with Crippen molar-refractivity contribution in [2.24, 2.45) is 0 Å². The van der Waals surface area contributed by atoms with Gasteiger partial charge in [0.1, 0.15) is 0 Å². The standard InChI is InChI=1S/C14H15F5N2O2/c15-13(16,17)8-10(21-5-3-20-4-6-21)9-1-2-11-12(7-9)23-14(18,19)22-11/h1-2,7,10,20H,3-6,8H2/t10-/m1/s1. The highest BCUT2D eigenvalue weighted by Crippen LogP contribution is 2.44. The summed E-state index contributed by atoms with van der Waals surface area (Å²) in [6.45, 7) is 2.06. The molecule has 1 saturated heterocycles. The molecule has 23 heavy (non-hydrogen) atoms. The second kappa shape index (κ2) is 5.79. The van der Waals surface area contributed by atoms with Gasteiger partial charge in [-0.05, 0) is 17.7 Å². The lowest BCUT2D eigenvalue weighted by molar-refractivity contribution is -0.286. The molecular formula is C14H15F5N2O2. The van der Waals surface area contributed by atoms with Crippen molar-refractivity contribution < 1.29 is 31.4 Å². The fourth-order valence-corrected chi connectivity index (χ4v) is 2.84. The summed E-state index contributed by atoms with van der Waals surface area (Å²) in [6, 6.07) is 2.86. The number of ether oxygens (including phenoxy) is 2. The third-order valence-electron chi connectivity index (χ3n) is 3.83. The summed E-state index contributed by atoms with van der Waals surface area (Å²) in [6.07, 6.45) is -9.20. The van der Waals surface area contributed by atoms with Crippen LogP contribution in [-0.2, 0) is 0 Å². The molecule has 0 aromatic heterocycles. The van der Waals surface area contributed by atoms with Gasteiger partial charge in [-0.3, -0.25) is 4.90 Å². The van der Waals surface area contributed by atoms with Crippen LogP contribution in [0, 0.1) is 0 Å². The smallest absolute Gasteiger partial charge is 0.395 e. The minimum absolute atomic E-state index is 0.176. The number of halogens is 5. The van der Waals surface area contributed by atoms with Gasteiger partial charge < -0.3 is 14.8 Å². The van der Waals surface area contributed by atoms with Crippen LogP contribution in [0.1, 0.15) is 18.0 Å². The zero-order valence-corrected chi connectivity index (χ0v) is 12.0. The van der Waals surface area contributed by atoms with E-state index in [1.807, 2.05) is 0 Å². The largest absolute Gasteiger partial charge is 0.586 e. The zero-order valence-electron chi connectivity index (χ0n) is 12.0. The predicted molar refractivity (Wildman–Crippen MR) is 70.5 cm³/mol. The molecule has 0 aliphatic carbocycles. The number of alkyl halides is 5. The van der Waals surface area contributed by atoms with Crippen LogP contribution in [0.25, 0.3) is 0 Å². The Morgan fingerprint density at radius 1 is 1.13 bits per heavy atom. The maximum absolute atomic E-state index is 13.1. The lowest BCUT2D eigenvalue weighted by atomic mass is 10.00. The van der Waals surface area contributed by atoms with Gasteiger partial charge in [0.15, 0.2) is 11.5 Å². The summed E-state index contributed by atoms with van der Waals surface area (Å²) < 4.78 is 73.5. The highest BCUT2D eigenvalue weighted by Gasteiger charge is 2.44. The number of fused-ring (bicyclic) bond motifs is 1. The van der Waals surface area contributed by atoms with Crippen molar-refractivity contribution in [3.63, 3.8) is 0 Å². The summed E-state index contributed by atoms with van der Waals surface area (Å²) in [7, 11) is 0. The first kappa shape index (κ1) is 16.3. The van der Waals surface area contributed by atoms with E-state index in [-0.39, 0.29) is 17.1 Å². The normalized spacial score (nSPS) is 22.1. The molecule has 0 radical (unpaired) electrons. The van der Waals surface area contributed by atoms with Crippen LogP contribution in [0.5, 0.6) is 11.5 Å². The molecule has 2 aliphatic rings. The summed E-state index contributed by atoms with van der Waals surface area (Å²) >= 11 is 0. The summed E-state index contributed by atoms with van der Waals surface area (Å²) in [5.74, 6) is -0.417. The Balaban J connectivity index is 1.88. The summed E-state index contributed by atoms with van der Waals surface area (Å²) in [4.78, 5) is 1.69. The fourth-order valence-electron chi connectivity index (χ4n) is 2.84. The number of benzene rings is 1. The number of hydrogen-bond donors (Lipinski definition) is 1. The van der Waals surface area contributed by atoms with E-state index in [4.69, 9.17) is 0 Å². The van der Waals surface area contributed by atoms with Gasteiger partial charge in [-0.15, -0.1) is 8.78 Å². The molecule has 0 saturated carbocycles. The van der Waals surface area contributed by atoms with Crippen LogP contribution in [-0.4, -0.2) is 43.5 Å². The third-order valence-corrected chi connectivity index (χ3v) is 3.83. The van der Waals surface area contributed by atoms with Crippen LogP contribution in [0.2, 0.25) is 0 Å². The van der Waals surface area contributed by atoms with Crippen molar-refractivity contribution in [1.82, 2.24) is 10.2 Å². The van der Waals surface area contributed by atoms with Crippen LogP contribution in [0.15, 0.2) is 18.2 Å². The lowest BCUT2D eigenvalue weighted by Crippen LogP contribution is -2.46. The molecule has 0 spiro atoms. The molecule has 1 atom stereocenters. The maximum Gasteiger partial charge on any atom is 0.586 e. The van der Waals surface area contributed by atoms with E-state index in [2.05, 4.69) is 14.8 Å². The Hall–Kier alpha value is -1.61. The third kappa shape index (κ3) is 3.84. The maximum atomic E-state index is 13.1. The van der Waals surface area contributed by atoms with E-state index >= 15 is 0 Å². The predicted octanol–water partition coefficient (Wildman–Crippen LogP) is 2.91. The minimum atomic E-state index is -4.37. The SMILES string of the molecule is FC(F)(F)C[C@H](c1ccc2c(c1)OC(F)(F)O2)N1CCNCC1. The Morgan fingerprint density at radius 2 is 1.78 bits per heavy atom. The van der Waals surface area contributed by atoms with Gasteiger partial charge in [-0.1, -0.05) is 6.07 Å². The molecule has 0 bridgehead atoms. The van der Waals surface area contributed by atoms with Crippen molar-refractivity contribution in [3.05, 3.63) is 23.8 Å². The Morgan fingerprint density at radius 3 is 2.43 bits per heavy atom. The summed E-state index contributed by atoms with van der Waals surface area (Å²) in [5.41, 5.74) is 0.282. The molecule has 0 amide bonds. The molecule has 1 N–H and O–H groups in total. The van der Waals surface area contributed by atoms with Crippen LogP contribution >= 0.6 is 0 Å². The van der Waals surface area contributed by atoms with Gasteiger partial charge in [0.2, 0.25) is 0 Å². The van der Waals surface area contributed by atoms with Crippen LogP contribution < -0.4 is 14.8 Å². The van der Waals surface area contributed by atoms with Gasteiger partial charge in [-0.2, -0.15) is 13.2 Å². The highest BCUT2D eigenvalue weighted by molar-refractivity contribution is 5.46. The highest BCUT2D eigenvalue weighted by atomic mass is 19.4. The summed E-state index contributed by atoms with van der Waals surface area (Å²) in [5, 5.41) is 3.07. The number of nitrogens with zero attached hydrogens (tertiary/aromatic N) is 1. The van der Waals surface area contributed by atoms with E-state index in [9.17, 15) is 22.0 Å². The van der Waals surface area contributed by atoms with Crippen molar-refractivity contribution >= 4 is 0 Å². The van der Waals surface area contributed by atoms with Gasteiger partial charge in [0, 0.05) is 32.2 Å². The molecule has 9 heteroatoms. The van der Waals surface area contributed by atoms with Crippen LogP contribution in [0.3, 0.4) is 0 Å². The molecule has 2 aliphatic heterocycles.